The monoisotopic (exact) mass is 359 g/mol. The number of aliphatic hydroxyl groups is 1. The van der Waals surface area contributed by atoms with E-state index in [1.54, 1.807) is 6.20 Å². The molecule has 5 atom stereocenters. The summed E-state index contributed by atoms with van der Waals surface area (Å²) < 4.78 is 0. The summed E-state index contributed by atoms with van der Waals surface area (Å²) in [7, 11) is 0. The van der Waals surface area contributed by atoms with Gasteiger partial charge < -0.3 is 16.2 Å². The Bertz CT molecular complexity index is 790. The largest absolute Gasteiger partial charge is 0.390 e. The second kappa shape index (κ2) is 5.21. The molecule has 0 saturated heterocycles. The van der Waals surface area contributed by atoms with E-state index in [-0.39, 0.29) is 6.04 Å². The van der Waals surface area contributed by atoms with Gasteiger partial charge >= 0.3 is 0 Å². The number of halogens is 1. The predicted octanol–water partition coefficient (Wildman–Crippen LogP) is 2.67. The average molecular weight is 360 g/mol. The van der Waals surface area contributed by atoms with Crippen LogP contribution < -0.4 is 11.1 Å². The van der Waals surface area contributed by atoms with E-state index in [0.29, 0.717) is 34.8 Å². The van der Waals surface area contributed by atoms with Crippen LogP contribution in [0.5, 0.6) is 0 Å². The van der Waals surface area contributed by atoms with Crippen molar-refractivity contribution in [2.75, 3.05) is 5.32 Å². The number of nitrogens with two attached hydrogens (primary N) is 1. The van der Waals surface area contributed by atoms with E-state index < -0.39 is 11.5 Å². The lowest BCUT2D eigenvalue weighted by Gasteiger charge is -2.58. The number of anilines is 1. The van der Waals surface area contributed by atoms with Crippen molar-refractivity contribution in [2.45, 2.75) is 50.2 Å². The molecule has 5 aliphatic rings. The highest BCUT2D eigenvalue weighted by Gasteiger charge is 2.54. The van der Waals surface area contributed by atoms with Crippen LogP contribution in [0.15, 0.2) is 12.3 Å². The molecule has 4 saturated carbocycles. The topological polar surface area (TPSA) is 88.2 Å². The minimum atomic E-state index is -0.489. The summed E-state index contributed by atoms with van der Waals surface area (Å²) in [5, 5.41) is 15.1. The number of allylic oxidation sites excluding steroid dienone is 1. The molecule has 1 aromatic heterocycles. The Morgan fingerprint density at radius 1 is 1.32 bits per heavy atom. The van der Waals surface area contributed by atoms with Gasteiger partial charge in [0, 0.05) is 29.3 Å². The highest BCUT2D eigenvalue weighted by molar-refractivity contribution is 6.50. The van der Waals surface area contributed by atoms with Gasteiger partial charge in [-0.15, -0.1) is 0 Å². The molecule has 5 aliphatic carbocycles. The molecule has 3 unspecified atom stereocenters. The van der Waals surface area contributed by atoms with E-state index in [2.05, 4.69) is 10.3 Å². The van der Waals surface area contributed by atoms with Gasteiger partial charge in [-0.25, -0.2) is 0 Å². The van der Waals surface area contributed by atoms with Gasteiger partial charge in [0.05, 0.1) is 22.5 Å². The third kappa shape index (κ3) is 2.32. The van der Waals surface area contributed by atoms with Crippen molar-refractivity contribution in [3.63, 3.8) is 0 Å². The Kier molecular flexibility index (Phi) is 3.26. The quantitative estimate of drug-likeness (QED) is 0.774. The Balaban J connectivity index is 1.54. The fraction of sp³-hybridized carbons (Fsp3) is 0.579. The average Bonchev–Trinajstić information content (AvgIpc) is 2.90. The summed E-state index contributed by atoms with van der Waals surface area (Å²) >= 11 is 6.40. The highest BCUT2D eigenvalue weighted by atomic mass is 35.5. The first kappa shape index (κ1) is 15.6. The lowest BCUT2D eigenvalue weighted by Crippen LogP contribution is -2.59. The Morgan fingerprint density at radius 2 is 2.04 bits per heavy atom. The number of rotatable bonds is 3. The van der Waals surface area contributed by atoms with Crippen molar-refractivity contribution in [3.8, 4) is 0 Å². The van der Waals surface area contributed by atoms with Gasteiger partial charge in [-0.05, 0) is 49.9 Å². The van der Waals surface area contributed by atoms with Crippen LogP contribution in [-0.4, -0.2) is 27.6 Å². The van der Waals surface area contributed by atoms with E-state index in [1.165, 1.54) is 0 Å². The van der Waals surface area contributed by atoms with Crippen LogP contribution in [0.1, 0.15) is 53.7 Å². The molecule has 1 heterocycles. The van der Waals surface area contributed by atoms with E-state index in [9.17, 15) is 9.90 Å². The summed E-state index contributed by atoms with van der Waals surface area (Å²) in [5.41, 5.74) is 7.98. The number of aromatic nitrogens is 1. The molecular weight excluding hydrogens is 338 g/mol. The molecule has 6 rings (SSSR count). The van der Waals surface area contributed by atoms with Gasteiger partial charge in [0.15, 0.2) is 0 Å². The number of primary amides is 1. The van der Waals surface area contributed by atoms with Crippen molar-refractivity contribution in [1.82, 2.24) is 4.98 Å². The third-order valence-corrected chi connectivity index (χ3v) is 7.03. The lowest BCUT2D eigenvalue weighted by atomic mass is 9.52. The molecule has 4 bridgehead atoms. The van der Waals surface area contributed by atoms with Gasteiger partial charge in [-0.3, -0.25) is 9.78 Å². The number of carbonyl (C=O) groups is 1. The van der Waals surface area contributed by atoms with Crippen molar-refractivity contribution >= 4 is 28.2 Å². The second-order valence-electron chi connectivity index (χ2n) is 8.35. The molecule has 4 fully saturated rings. The zero-order valence-corrected chi connectivity index (χ0v) is 14.7. The number of hydrogen-bond acceptors (Lipinski definition) is 4. The first-order chi connectivity index (χ1) is 11.9. The molecule has 5 nitrogen and oxygen atoms in total. The minimum absolute atomic E-state index is 0.256. The molecule has 0 aromatic carbocycles. The van der Waals surface area contributed by atoms with Crippen LogP contribution in [0.2, 0.25) is 0 Å². The fourth-order valence-electron chi connectivity index (χ4n) is 5.97. The molecular formula is C19H22ClN3O2. The maximum atomic E-state index is 12.0. The van der Waals surface area contributed by atoms with Crippen molar-refractivity contribution in [2.24, 2.45) is 23.5 Å². The maximum Gasteiger partial charge on any atom is 0.252 e. The summed E-state index contributed by atoms with van der Waals surface area (Å²) in [5.74, 6) is 1.02. The van der Waals surface area contributed by atoms with E-state index in [1.807, 2.05) is 6.08 Å². The van der Waals surface area contributed by atoms with Crippen LogP contribution in [0.4, 0.5) is 5.69 Å². The van der Waals surface area contributed by atoms with E-state index in [4.69, 9.17) is 17.3 Å². The van der Waals surface area contributed by atoms with Crippen LogP contribution in [-0.2, 0) is 6.42 Å². The molecule has 0 aliphatic heterocycles. The fourth-order valence-corrected chi connectivity index (χ4v) is 6.25. The molecule has 6 heteroatoms. The van der Waals surface area contributed by atoms with Gasteiger partial charge in [0.25, 0.3) is 5.91 Å². The molecule has 1 amide bonds. The Labute approximate surface area is 151 Å². The first-order valence-corrected chi connectivity index (χ1v) is 9.48. The number of nitrogens with one attached hydrogen (secondary N) is 1. The Hall–Kier alpha value is -1.59. The molecule has 25 heavy (non-hydrogen) atoms. The smallest absolute Gasteiger partial charge is 0.252 e. The first-order valence-electron chi connectivity index (χ1n) is 9.10. The summed E-state index contributed by atoms with van der Waals surface area (Å²) in [6, 6.07) is 0.256. The molecule has 4 N–H and O–H groups in total. The number of carbonyl (C=O) groups excluding carboxylic acids is 1. The molecule has 0 spiro atoms. The Morgan fingerprint density at radius 3 is 2.68 bits per heavy atom. The number of nitrogens with zero attached hydrogens (tertiary/aromatic N) is 1. The molecule has 132 valence electrons. The van der Waals surface area contributed by atoms with Gasteiger partial charge in [-0.1, -0.05) is 17.7 Å². The predicted molar refractivity (Wildman–Crippen MR) is 96.2 cm³/mol. The maximum absolute atomic E-state index is 12.0. The van der Waals surface area contributed by atoms with E-state index >= 15 is 0 Å². The zero-order chi connectivity index (χ0) is 17.3. The zero-order valence-electron chi connectivity index (χ0n) is 14.0. The highest BCUT2D eigenvalue weighted by Crippen LogP contribution is 2.56. The van der Waals surface area contributed by atoms with Crippen molar-refractivity contribution in [3.05, 3.63) is 29.1 Å². The van der Waals surface area contributed by atoms with Crippen LogP contribution in [0.3, 0.4) is 0 Å². The molecule has 0 radical (unpaired) electrons. The number of fused-ring (bicyclic) bond motifs is 1. The number of amides is 1. The summed E-state index contributed by atoms with van der Waals surface area (Å²) in [6.45, 7) is 0. The van der Waals surface area contributed by atoms with Crippen LogP contribution in [0, 0.1) is 17.8 Å². The van der Waals surface area contributed by atoms with Gasteiger partial charge in [-0.2, -0.15) is 0 Å². The van der Waals surface area contributed by atoms with E-state index in [0.717, 1.165) is 49.0 Å². The minimum Gasteiger partial charge on any atom is -0.390 e. The van der Waals surface area contributed by atoms with Crippen molar-refractivity contribution in [1.29, 1.82) is 0 Å². The normalized spacial score (nSPS) is 37.8. The van der Waals surface area contributed by atoms with Crippen LogP contribution in [0.25, 0.3) is 5.03 Å². The summed E-state index contributed by atoms with van der Waals surface area (Å²) in [4.78, 5) is 16.3. The SMILES string of the molecule is NC(=O)c1cnc2c(c1NC1[C@@H]3CC4C[C@H]1CC(O)(C4)C3)C(Cl)=CC2. The van der Waals surface area contributed by atoms with Gasteiger partial charge in [0.2, 0.25) is 0 Å². The second-order valence-corrected chi connectivity index (χ2v) is 8.76. The number of hydrogen-bond donors (Lipinski definition) is 3. The van der Waals surface area contributed by atoms with Crippen LogP contribution >= 0.6 is 11.6 Å². The summed E-state index contributed by atoms with van der Waals surface area (Å²) in [6.07, 6.45) is 9.13. The molecule has 1 aromatic rings. The third-order valence-electron chi connectivity index (χ3n) is 6.69. The lowest BCUT2D eigenvalue weighted by molar-refractivity contribution is -0.129. The van der Waals surface area contributed by atoms with Gasteiger partial charge in [0.1, 0.15) is 0 Å². The standard InChI is InChI=1S/C19H22ClN3O2/c20-13-1-2-14-15(13)17(12(8-22-14)18(21)24)23-16-10-3-9-4-11(16)7-19(25,5-9)6-10/h1,8-11,16,25H,2-7H2,(H2,21,24)(H,22,23)/t9?,10-,11+,16?,19?. The van der Waals surface area contributed by atoms with Crippen molar-refractivity contribution < 1.29 is 9.90 Å². The number of pyridine rings is 1.